The lowest BCUT2D eigenvalue weighted by molar-refractivity contribution is 0.0936. The summed E-state index contributed by atoms with van der Waals surface area (Å²) in [5, 5.41) is 12.2. The first-order valence-electron chi connectivity index (χ1n) is 5.14. The van der Waals surface area contributed by atoms with Crippen molar-refractivity contribution in [2.45, 2.75) is 18.2 Å². The van der Waals surface area contributed by atoms with Crippen molar-refractivity contribution in [1.29, 1.82) is 0 Å². The number of hydrogen-bond acceptors (Lipinski definition) is 4. The molecule has 4 nitrogen and oxygen atoms in total. The molecule has 0 saturated carbocycles. The summed E-state index contributed by atoms with van der Waals surface area (Å²) in [6.45, 7) is 1.87. The highest BCUT2D eigenvalue weighted by molar-refractivity contribution is 7.99. The average Bonchev–Trinajstić information content (AvgIpc) is 2.31. The van der Waals surface area contributed by atoms with Crippen LogP contribution in [0.2, 0.25) is 5.02 Å². The number of nitrogens with one attached hydrogen (secondary N) is 1. The van der Waals surface area contributed by atoms with Gasteiger partial charge in [0.25, 0.3) is 5.91 Å². The molecule has 1 amide bonds. The molecule has 0 aliphatic heterocycles. The fourth-order valence-corrected chi connectivity index (χ4v) is 2.20. The molecule has 0 radical (unpaired) electrons. The van der Waals surface area contributed by atoms with Gasteiger partial charge in [0.1, 0.15) is 0 Å². The molecule has 0 fully saturated rings. The number of amides is 1. The highest BCUT2D eigenvalue weighted by atomic mass is 35.5. The Labute approximate surface area is 110 Å². The number of halogens is 1. The van der Waals surface area contributed by atoms with Gasteiger partial charge in [-0.1, -0.05) is 11.6 Å². The number of carbonyl (C=O) groups excluding carboxylic acids is 1. The van der Waals surface area contributed by atoms with E-state index in [1.54, 1.807) is 6.07 Å². The minimum atomic E-state index is -0.252. The van der Waals surface area contributed by atoms with Crippen LogP contribution in [0.15, 0.2) is 18.5 Å². The Balaban J connectivity index is 2.70. The molecule has 2 N–H and O–H groups in total. The molecular weight excluding hydrogens is 260 g/mol. The minimum absolute atomic E-state index is 0.0205. The van der Waals surface area contributed by atoms with E-state index in [9.17, 15) is 4.79 Å². The van der Waals surface area contributed by atoms with Crippen molar-refractivity contribution in [3.8, 4) is 0 Å². The monoisotopic (exact) mass is 274 g/mol. The third kappa shape index (κ3) is 3.87. The lowest BCUT2D eigenvalue weighted by atomic mass is 10.2. The van der Waals surface area contributed by atoms with Gasteiger partial charge in [0.05, 0.1) is 17.2 Å². The zero-order valence-electron chi connectivity index (χ0n) is 9.68. The van der Waals surface area contributed by atoms with Crippen LogP contribution < -0.4 is 5.32 Å². The fraction of sp³-hybridized carbons (Fsp3) is 0.455. The van der Waals surface area contributed by atoms with Crippen molar-refractivity contribution in [1.82, 2.24) is 10.3 Å². The van der Waals surface area contributed by atoms with Gasteiger partial charge in [-0.2, -0.15) is 11.8 Å². The van der Waals surface area contributed by atoms with Gasteiger partial charge in [0.15, 0.2) is 0 Å². The van der Waals surface area contributed by atoms with E-state index >= 15 is 0 Å². The first kappa shape index (κ1) is 14.3. The summed E-state index contributed by atoms with van der Waals surface area (Å²) in [7, 11) is 0. The Kier molecular flexibility index (Phi) is 5.74. The van der Waals surface area contributed by atoms with Crippen molar-refractivity contribution >= 4 is 29.3 Å². The summed E-state index contributed by atoms with van der Waals surface area (Å²) in [4.78, 5) is 15.7. The number of hydrogen-bond donors (Lipinski definition) is 2. The second kappa shape index (κ2) is 6.83. The maximum absolute atomic E-state index is 11.9. The van der Waals surface area contributed by atoms with Crippen LogP contribution in [0, 0.1) is 0 Å². The molecule has 1 aromatic rings. The van der Waals surface area contributed by atoms with Crippen LogP contribution in [0.3, 0.4) is 0 Å². The normalized spacial score (nSPS) is 14.1. The second-order valence-corrected chi connectivity index (χ2v) is 5.06. The van der Waals surface area contributed by atoms with Gasteiger partial charge in [-0.15, -0.1) is 0 Å². The minimum Gasteiger partial charge on any atom is -0.395 e. The Bertz CT molecular complexity index is 385. The zero-order valence-corrected chi connectivity index (χ0v) is 11.3. The summed E-state index contributed by atoms with van der Waals surface area (Å²) in [6, 6.07) is 1.43. The fourth-order valence-electron chi connectivity index (χ4n) is 1.37. The van der Waals surface area contributed by atoms with Crippen molar-refractivity contribution in [3.63, 3.8) is 0 Å². The number of aromatic nitrogens is 1. The Morgan fingerprint density at radius 3 is 2.94 bits per heavy atom. The first-order chi connectivity index (χ1) is 8.10. The molecule has 0 aromatic carbocycles. The molecule has 17 heavy (non-hydrogen) atoms. The van der Waals surface area contributed by atoms with Gasteiger partial charge in [-0.25, -0.2) is 0 Å². The first-order valence-corrected chi connectivity index (χ1v) is 6.80. The molecule has 1 aromatic heterocycles. The van der Waals surface area contributed by atoms with Gasteiger partial charge >= 0.3 is 0 Å². The smallest absolute Gasteiger partial charge is 0.253 e. The lowest BCUT2D eigenvalue weighted by Crippen LogP contribution is -2.41. The summed E-state index contributed by atoms with van der Waals surface area (Å²) >= 11 is 7.38. The van der Waals surface area contributed by atoms with Crippen LogP contribution in [0.25, 0.3) is 0 Å². The third-order valence-corrected chi connectivity index (χ3v) is 3.88. The van der Waals surface area contributed by atoms with E-state index < -0.39 is 0 Å². The molecule has 0 aliphatic rings. The standard InChI is InChI=1S/C11H15ClN2O2S/c1-7(10(6-15)17-2)14-11(16)8-3-4-13-5-9(8)12/h3-5,7,10,15H,6H2,1-2H3,(H,14,16)/t7-,10+/m0/s1. The third-order valence-electron chi connectivity index (χ3n) is 2.42. The van der Waals surface area contributed by atoms with Crippen LogP contribution in [-0.4, -0.2) is 40.2 Å². The predicted molar refractivity (Wildman–Crippen MR) is 70.6 cm³/mol. The SMILES string of the molecule is CS[C@H](CO)[C@H](C)NC(=O)c1ccncc1Cl. The van der Waals surface area contributed by atoms with E-state index in [2.05, 4.69) is 10.3 Å². The van der Waals surface area contributed by atoms with Crippen LogP contribution in [-0.2, 0) is 0 Å². The zero-order chi connectivity index (χ0) is 12.8. The van der Waals surface area contributed by atoms with Crippen LogP contribution >= 0.6 is 23.4 Å². The average molecular weight is 275 g/mol. The van der Waals surface area contributed by atoms with Crippen molar-refractivity contribution in [2.24, 2.45) is 0 Å². The number of pyridine rings is 1. The number of thioether (sulfide) groups is 1. The van der Waals surface area contributed by atoms with E-state index in [0.29, 0.717) is 10.6 Å². The van der Waals surface area contributed by atoms with Gasteiger partial charge < -0.3 is 10.4 Å². The molecule has 1 heterocycles. The van der Waals surface area contributed by atoms with Crippen molar-refractivity contribution in [2.75, 3.05) is 12.9 Å². The van der Waals surface area contributed by atoms with Gasteiger partial charge in [-0.3, -0.25) is 9.78 Å². The van der Waals surface area contributed by atoms with Crippen LogP contribution in [0.1, 0.15) is 17.3 Å². The molecule has 0 aliphatic carbocycles. The summed E-state index contributed by atoms with van der Waals surface area (Å²) in [5.74, 6) is -0.252. The highest BCUT2D eigenvalue weighted by Crippen LogP contribution is 2.15. The van der Waals surface area contributed by atoms with Crippen molar-refractivity contribution in [3.05, 3.63) is 29.0 Å². The molecular formula is C11H15ClN2O2S. The summed E-state index contributed by atoms with van der Waals surface area (Å²) in [6.07, 6.45) is 4.84. The predicted octanol–water partition coefficient (Wildman–Crippen LogP) is 1.58. The van der Waals surface area contributed by atoms with E-state index in [4.69, 9.17) is 16.7 Å². The van der Waals surface area contributed by atoms with Crippen molar-refractivity contribution < 1.29 is 9.90 Å². The van der Waals surface area contributed by atoms with Crippen LogP contribution in [0.4, 0.5) is 0 Å². The van der Waals surface area contributed by atoms with E-state index in [-0.39, 0.29) is 23.8 Å². The number of aliphatic hydroxyl groups is 1. The molecule has 0 unspecified atom stereocenters. The molecule has 2 atom stereocenters. The molecule has 0 spiro atoms. The maximum Gasteiger partial charge on any atom is 0.253 e. The number of rotatable bonds is 5. The largest absolute Gasteiger partial charge is 0.395 e. The van der Waals surface area contributed by atoms with Gasteiger partial charge in [-0.05, 0) is 19.2 Å². The quantitative estimate of drug-likeness (QED) is 0.856. The van der Waals surface area contributed by atoms with Gasteiger partial charge in [0, 0.05) is 23.7 Å². The lowest BCUT2D eigenvalue weighted by Gasteiger charge is -2.21. The molecule has 94 valence electrons. The topological polar surface area (TPSA) is 62.2 Å². The molecule has 1 rings (SSSR count). The number of aliphatic hydroxyl groups excluding tert-OH is 1. The molecule has 6 heteroatoms. The molecule has 0 bridgehead atoms. The van der Waals surface area contributed by atoms with E-state index in [0.717, 1.165) is 0 Å². The number of carbonyl (C=O) groups is 1. The van der Waals surface area contributed by atoms with E-state index in [1.807, 2.05) is 13.2 Å². The molecule has 0 saturated heterocycles. The highest BCUT2D eigenvalue weighted by Gasteiger charge is 2.19. The maximum atomic E-state index is 11.9. The number of nitrogens with zero attached hydrogens (tertiary/aromatic N) is 1. The Morgan fingerprint density at radius 1 is 1.71 bits per heavy atom. The van der Waals surface area contributed by atoms with Gasteiger partial charge in [0.2, 0.25) is 0 Å². The summed E-state index contributed by atoms with van der Waals surface area (Å²) < 4.78 is 0. The Morgan fingerprint density at radius 2 is 2.41 bits per heavy atom. The van der Waals surface area contributed by atoms with E-state index in [1.165, 1.54) is 24.2 Å². The Hall–Kier alpha value is -0.780. The summed E-state index contributed by atoms with van der Waals surface area (Å²) in [5.41, 5.74) is 0.395. The van der Waals surface area contributed by atoms with Crippen LogP contribution in [0.5, 0.6) is 0 Å². The second-order valence-electron chi connectivity index (χ2n) is 3.57.